The van der Waals surface area contributed by atoms with Crippen LogP contribution in [-0.4, -0.2) is 14.5 Å². The van der Waals surface area contributed by atoms with Crippen LogP contribution in [0, 0.1) is 6.92 Å². The Morgan fingerprint density at radius 2 is 1.90 bits per heavy atom. The van der Waals surface area contributed by atoms with Crippen LogP contribution in [0.3, 0.4) is 0 Å². The van der Waals surface area contributed by atoms with Gasteiger partial charge >= 0.3 is 0 Å². The first-order chi connectivity index (χ1) is 9.58. The number of imidazole rings is 1. The van der Waals surface area contributed by atoms with Crippen LogP contribution < -0.4 is 5.73 Å². The number of nitrogens with two attached hydrogens (primary N) is 1. The van der Waals surface area contributed by atoms with Crippen LogP contribution in [0.1, 0.15) is 24.2 Å². The van der Waals surface area contributed by atoms with Gasteiger partial charge in [0.05, 0.1) is 6.04 Å². The number of hydrogen-bond donors (Lipinski definition) is 1. The third kappa shape index (κ3) is 2.02. The second-order valence-electron chi connectivity index (χ2n) is 4.83. The largest absolute Gasteiger partial charge is 0.369 e. The zero-order chi connectivity index (χ0) is 14.3. The molecule has 20 heavy (non-hydrogen) atoms. The number of benzene rings is 1. The van der Waals surface area contributed by atoms with Crippen LogP contribution in [0.5, 0.6) is 0 Å². The average molecular weight is 287 g/mol. The van der Waals surface area contributed by atoms with Crippen LogP contribution >= 0.6 is 11.6 Å². The van der Waals surface area contributed by atoms with Crippen molar-refractivity contribution in [1.29, 1.82) is 0 Å². The molecule has 0 spiro atoms. The van der Waals surface area contributed by atoms with Crippen LogP contribution in [0.2, 0.25) is 5.02 Å². The van der Waals surface area contributed by atoms with Gasteiger partial charge in [-0.3, -0.25) is 4.57 Å². The number of aromatic nitrogens is 3. The summed E-state index contributed by atoms with van der Waals surface area (Å²) in [5, 5.41) is 0.717. The third-order valence-electron chi connectivity index (χ3n) is 3.45. The molecule has 0 amide bonds. The van der Waals surface area contributed by atoms with Crippen LogP contribution in [0.25, 0.3) is 11.2 Å². The van der Waals surface area contributed by atoms with E-state index in [2.05, 4.69) is 9.97 Å². The fraction of sp³-hybridized carbons (Fsp3) is 0.200. The number of pyridine rings is 1. The summed E-state index contributed by atoms with van der Waals surface area (Å²) in [5.74, 6) is 0.450. The Labute approximate surface area is 122 Å². The molecule has 0 aliphatic rings. The molecule has 0 saturated heterocycles. The van der Waals surface area contributed by atoms with Crippen molar-refractivity contribution in [2.45, 2.75) is 19.9 Å². The molecule has 2 N–H and O–H groups in total. The first-order valence-electron chi connectivity index (χ1n) is 6.43. The van der Waals surface area contributed by atoms with E-state index in [0.29, 0.717) is 11.0 Å². The SMILES string of the molecule is Cc1ccc2nc(N)n(C(C)c3ccccc3Cl)c2n1. The zero-order valence-corrected chi connectivity index (χ0v) is 12.1. The van der Waals surface area contributed by atoms with Crippen molar-refractivity contribution < 1.29 is 0 Å². The Balaban J connectivity index is 2.21. The second kappa shape index (κ2) is 4.80. The van der Waals surface area contributed by atoms with Gasteiger partial charge in [0, 0.05) is 10.7 Å². The molecule has 0 aliphatic heterocycles. The van der Waals surface area contributed by atoms with Gasteiger partial charge < -0.3 is 5.73 Å². The lowest BCUT2D eigenvalue weighted by atomic mass is 10.1. The zero-order valence-electron chi connectivity index (χ0n) is 11.3. The fourth-order valence-corrected chi connectivity index (χ4v) is 2.71. The predicted molar refractivity (Wildman–Crippen MR) is 81.9 cm³/mol. The Hall–Kier alpha value is -2.07. The Morgan fingerprint density at radius 1 is 1.15 bits per heavy atom. The van der Waals surface area contributed by atoms with Crippen LogP contribution in [-0.2, 0) is 0 Å². The molecular formula is C15H15ClN4. The smallest absolute Gasteiger partial charge is 0.203 e. The van der Waals surface area contributed by atoms with Crippen molar-refractivity contribution in [3.05, 3.63) is 52.7 Å². The molecule has 4 nitrogen and oxygen atoms in total. The van der Waals surface area contributed by atoms with Crippen molar-refractivity contribution in [3.8, 4) is 0 Å². The van der Waals surface area contributed by atoms with E-state index in [1.807, 2.05) is 54.8 Å². The van der Waals surface area contributed by atoms with Gasteiger partial charge in [-0.25, -0.2) is 9.97 Å². The number of fused-ring (bicyclic) bond motifs is 1. The molecule has 0 fully saturated rings. The molecule has 0 radical (unpaired) electrons. The van der Waals surface area contributed by atoms with Crippen molar-refractivity contribution in [1.82, 2.24) is 14.5 Å². The average Bonchev–Trinajstić information content (AvgIpc) is 2.74. The lowest BCUT2D eigenvalue weighted by Crippen LogP contribution is -2.11. The highest BCUT2D eigenvalue weighted by molar-refractivity contribution is 6.31. The molecule has 1 atom stereocenters. The van der Waals surface area contributed by atoms with Crippen LogP contribution in [0.15, 0.2) is 36.4 Å². The summed E-state index contributed by atoms with van der Waals surface area (Å²) < 4.78 is 1.92. The molecule has 5 heteroatoms. The van der Waals surface area contributed by atoms with Gasteiger partial charge in [-0.15, -0.1) is 0 Å². The number of hydrogen-bond acceptors (Lipinski definition) is 3. The predicted octanol–water partition coefficient (Wildman–Crippen LogP) is 3.58. The minimum Gasteiger partial charge on any atom is -0.369 e. The molecule has 0 saturated carbocycles. The van der Waals surface area contributed by atoms with Crippen molar-refractivity contribution in [2.75, 3.05) is 5.73 Å². The van der Waals surface area contributed by atoms with E-state index >= 15 is 0 Å². The Kier molecular flexibility index (Phi) is 3.10. The lowest BCUT2D eigenvalue weighted by molar-refractivity contribution is 0.662. The molecule has 102 valence electrons. The number of rotatable bonds is 2. The van der Waals surface area contributed by atoms with Gasteiger partial charge in [0.15, 0.2) is 5.65 Å². The normalized spacial score (nSPS) is 12.8. The summed E-state index contributed by atoms with van der Waals surface area (Å²) in [4.78, 5) is 8.92. The number of nitrogen functional groups attached to an aromatic ring is 1. The molecule has 1 unspecified atom stereocenters. The van der Waals surface area contributed by atoms with Gasteiger partial charge in [-0.2, -0.15) is 0 Å². The third-order valence-corrected chi connectivity index (χ3v) is 3.79. The number of nitrogens with zero attached hydrogens (tertiary/aromatic N) is 3. The van der Waals surface area contributed by atoms with Gasteiger partial charge in [0.25, 0.3) is 0 Å². The highest BCUT2D eigenvalue weighted by atomic mass is 35.5. The molecule has 0 aliphatic carbocycles. The standard InChI is InChI=1S/C15H15ClN4/c1-9-7-8-13-14(18-9)20(15(17)19-13)10(2)11-5-3-4-6-12(11)16/h3-8,10H,1-2H3,(H2,17,19). The van der Waals surface area contributed by atoms with E-state index in [1.165, 1.54) is 0 Å². The molecule has 3 rings (SSSR count). The summed E-state index contributed by atoms with van der Waals surface area (Å²) >= 11 is 6.28. The van der Waals surface area contributed by atoms with Crippen molar-refractivity contribution in [3.63, 3.8) is 0 Å². The van der Waals surface area contributed by atoms with E-state index in [9.17, 15) is 0 Å². The van der Waals surface area contributed by atoms with Gasteiger partial charge in [-0.05, 0) is 37.6 Å². The minimum atomic E-state index is -0.0250. The van der Waals surface area contributed by atoms with Crippen molar-refractivity contribution in [2.24, 2.45) is 0 Å². The lowest BCUT2D eigenvalue weighted by Gasteiger charge is -2.17. The number of anilines is 1. The molecule has 2 aromatic heterocycles. The van der Waals surface area contributed by atoms with Gasteiger partial charge in [0.1, 0.15) is 5.52 Å². The molecule has 3 aromatic rings. The molecule has 1 aromatic carbocycles. The van der Waals surface area contributed by atoms with Crippen LogP contribution in [0.4, 0.5) is 5.95 Å². The van der Waals surface area contributed by atoms with E-state index in [-0.39, 0.29) is 6.04 Å². The van der Waals surface area contributed by atoms with Gasteiger partial charge in [0.2, 0.25) is 5.95 Å². The van der Waals surface area contributed by atoms with E-state index < -0.39 is 0 Å². The minimum absolute atomic E-state index is 0.0250. The van der Waals surface area contributed by atoms with Gasteiger partial charge in [-0.1, -0.05) is 29.8 Å². The summed E-state index contributed by atoms with van der Waals surface area (Å²) in [7, 11) is 0. The maximum atomic E-state index is 6.28. The van der Waals surface area contributed by atoms with E-state index in [0.717, 1.165) is 22.4 Å². The monoisotopic (exact) mass is 286 g/mol. The highest BCUT2D eigenvalue weighted by Gasteiger charge is 2.18. The van der Waals surface area contributed by atoms with E-state index in [4.69, 9.17) is 17.3 Å². The topological polar surface area (TPSA) is 56.7 Å². The quantitative estimate of drug-likeness (QED) is 0.783. The molecule has 0 bridgehead atoms. The first-order valence-corrected chi connectivity index (χ1v) is 6.81. The fourth-order valence-electron chi connectivity index (χ4n) is 2.42. The highest BCUT2D eigenvalue weighted by Crippen LogP contribution is 2.30. The summed E-state index contributed by atoms with van der Waals surface area (Å²) in [6.45, 7) is 4.00. The Morgan fingerprint density at radius 3 is 2.65 bits per heavy atom. The molecule has 2 heterocycles. The summed E-state index contributed by atoms with van der Waals surface area (Å²) in [6, 6.07) is 11.6. The van der Waals surface area contributed by atoms with E-state index in [1.54, 1.807) is 0 Å². The first kappa shape index (κ1) is 12.9. The maximum Gasteiger partial charge on any atom is 0.203 e. The maximum absolute atomic E-state index is 6.28. The summed E-state index contributed by atoms with van der Waals surface area (Å²) in [6.07, 6.45) is 0. The molecular weight excluding hydrogens is 272 g/mol. The van der Waals surface area contributed by atoms with Crippen molar-refractivity contribution >= 4 is 28.7 Å². The summed E-state index contributed by atoms with van der Waals surface area (Å²) in [5.41, 5.74) is 9.58. The second-order valence-corrected chi connectivity index (χ2v) is 5.24. The number of halogens is 1. The Bertz CT molecular complexity index is 779. The number of aryl methyl sites for hydroxylation is 1.